The third kappa shape index (κ3) is 3.90. The summed E-state index contributed by atoms with van der Waals surface area (Å²) in [5.41, 5.74) is 6.70. The second-order valence-electron chi connectivity index (χ2n) is 3.77. The summed E-state index contributed by atoms with van der Waals surface area (Å²) in [6, 6.07) is 6.18. The van der Waals surface area contributed by atoms with E-state index in [1.54, 1.807) is 24.3 Å². The van der Waals surface area contributed by atoms with Crippen LogP contribution in [0.15, 0.2) is 24.3 Å². The first-order chi connectivity index (χ1) is 7.63. The Labute approximate surface area is 95.5 Å². The van der Waals surface area contributed by atoms with E-state index in [1.807, 2.05) is 6.92 Å². The Morgan fingerprint density at radius 2 is 2.06 bits per heavy atom. The van der Waals surface area contributed by atoms with Crippen LogP contribution >= 0.6 is 0 Å². The molecular weight excluding hydrogens is 204 g/mol. The monoisotopic (exact) mass is 222 g/mol. The van der Waals surface area contributed by atoms with Gasteiger partial charge >= 0.3 is 0 Å². The number of phenolic OH excluding ortho intramolecular Hbond substituents is 1. The predicted molar refractivity (Wildman–Crippen MR) is 63.1 cm³/mol. The van der Waals surface area contributed by atoms with Gasteiger partial charge in [0, 0.05) is 6.54 Å². The average Bonchev–Trinajstić information content (AvgIpc) is 2.29. The second kappa shape index (κ2) is 6.12. The molecule has 1 amide bonds. The third-order valence-corrected chi connectivity index (χ3v) is 2.28. The van der Waals surface area contributed by atoms with Crippen molar-refractivity contribution in [1.82, 2.24) is 5.32 Å². The molecule has 0 aliphatic rings. The molecular formula is C12H18N2O2. The van der Waals surface area contributed by atoms with Crippen LogP contribution < -0.4 is 11.1 Å². The number of amides is 1. The Bertz CT molecular complexity index is 335. The Hall–Kier alpha value is -1.55. The highest BCUT2D eigenvalue weighted by Gasteiger charge is 2.12. The fourth-order valence-electron chi connectivity index (χ4n) is 1.36. The van der Waals surface area contributed by atoms with Crippen LogP contribution in [0.2, 0.25) is 0 Å². The SMILES string of the molecule is CCCNC(=O)[C@@H](N)Cc1ccc(O)cc1. The standard InChI is InChI=1S/C12H18N2O2/c1-2-7-14-12(16)11(13)8-9-3-5-10(15)6-4-9/h3-6,11,15H,2,7-8,13H2,1H3,(H,14,16)/t11-/m0/s1. The molecule has 0 saturated carbocycles. The maximum absolute atomic E-state index is 11.5. The highest BCUT2D eigenvalue weighted by molar-refractivity contribution is 5.81. The number of aromatic hydroxyl groups is 1. The van der Waals surface area contributed by atoms with E-state index in [0.717, 1.165) is 12.0 Å². The van der Waals surface area contributed by atoms with Crippen LogP contribution in [0.3, 0.4) is 0 Å². The molecule has 4 N–H and O–H groups in total. The Morgan fingerprint density at radius 1 is 1.44 bits per heavy atom. The van der Waals surface area contributed by atoms with Crippen LogP contribution in [0.4, 0.5) is 0 Å². The summed E-state index contributed by atoms with van der Waals surface area (Å²) in [6.07, 6.45) is 1.38. The highest BCUT2D eigenvalue weighted by Crippen LogP contribution is 2.10. The van der Waals surface area contributed by atoms with Crippen molar-refractivity contribution in [3.63, 3.8) is 0 Å². The lowest BCUT2D eigenvalue weighted by Crippen LogP contribution is -2.42. The van der Waals surface area contributed by atoms with E-state index >= 15 is 0 Å². The molecule has 1 aromatic rings. The molecule has 0 unspecified atom stereocenters. The number of phenols is 1. The zero-order chi connectivity index (χ0) is 12.0. The van der Waals surface area contributed by atoms with Gasteiger partial charge < -0.3 is 16.2 Å². The highest BCUT2D eigenvalue weighted by atomic mass is 16.3. The summed E-state index contributed by atoms with van der Waals surface area (Å²) < 4.78 is 0. The lowest BCUT2D eigenvalue weighted by molar-refractivity contribution is -0.122. The molecule has 0 saturated heterocycles. The lowest BCUT2D eigenvalue weighted by Gasteiger charge is -2.11. The summed E-state index contributed by atoms with van der Waals surface area (Å²) >= 11 is 0. The number of benzene rings is 1. The summed E-state index contributed by atoms with van der Waals surface area (Å²) in [5, 5.41) is 11.9. The quantitative estimate of drug-likeness (QED) is 0.689. The maximum Gasteiger partial charge on any atom is 0.237 e. The van der Waals surface area contributed by atoms with Crippen molar-refractivity contribution >= 4 is 5.91 Å². The molecule has 1 rings (SSSR count). The topological polar surface area (TPSA) is 75.4 Å². The van der Waals surface area contributed by atoms with Crippen LogP contribution in [0.1, 0.15) is 18.9 Å². The van der Waals surface area contributed by atoms with Gasteiger partial charge in [-0.15, -0.1) is 0 Å². The minimum absolute atomic E-state index is 0.130. The minimum atomic E-state index is -0.531. The molecule has 4 nitrogen and oxygen atoms in total. The van der Waals surface area contributed by atoms with Gasteiger partial charge in [0.05, 0.1) is 6.04 Å². The van der Waals surface area contributed by atoms with E-state index < -0.39 is 6.04 Å². The minimum Gasteiger partial charge on any atom is -0.508 e. The average molecular weight is 222 g/mol. The van der Waals surface area contributed by atoms with Crippen molar-refractivity contribution < 1.29 is 9.90 Å². The van der Waals surface area contributed by atoms with Crippen molar-refractivity contribution in [2.24, 2.45) is 5.73 Å². The summed E-state index contributed by atoms with van der Waals surface area (Å²) in [7, 11) is 0. The molecule has 4 heteroatoms. The molecule has 1 atom stereocenters. The van der Waals surface area contributed by atoms with E-state index in [1.165, 1.54) is 0 Å². The van der Waals surface area contributed by atoms with Crippen molar-refractivity contribution in [2.75, 3.05) is 6.54 Å². The molecule has 0 fully saturated rings. The number of nitrogens with two attached hydrogens (primary N) is 1. The van der Waals surface area contributed by atoms with E-state index in [4.69, 9.17) is 10.8 Å². The smallest absolute Gasteiger partial charge is 0.237 e. The van der Waals surface area contributed by atoms with Crippen LogP contribution in [-0.2, 0) is 11.2 Å². The van der Waals surface area contributed by atoms with Crippen molar-refractivity contribution in [1.29, 1.82) is 0 Å². The van der Waals surface area contributed by atoms with Gasteiger partial charge in [-0.1, -0.05) is 19.1 Å². The number of rotatable bonds is 5. The van der Waals surface area contributed by atoms with E-state index in [0.29, 0.717) is 13.0 Å². The first kappa shape index (κ1) is 12.5. The summed E-state index contributed by atoms with van der Waals surface area (Å²) in [5.74, 6) is 0.0858. The van der Waals surface area contributed by atoms with Gasteiger partial charge in [0.15, 0.2) is 0 Å². The van der Waals surface area contributed by atoms with Crippen LogP contribution in [0.5, 0.6) is 5.75 Å². The van der Waals surface area contributed by atoms with E-state index in [-0.39, 0.29) is 11.7 Å². The molecule has 0 bridgehead atoms. The van der Waals surface area contributed by atoms with E-state index in [2.05, 4.69) is 5.32 Å². The molecule has 0 heterocycles. The molecule has 88 valence electrons. The number of hydrogen-bond donors (Lipinski definition) is 3. The summed E-state index contributed by atoms with van der Waals surface area (Å²) in [6.45, 7) is 2.65. The largest absolute Gasteiger partial charge is 0.508 e. The predicted octanol–water partition coefficient (Wildman–Crippen LogP) is 0.788. The van der Waals surface area contributed by atoms with Crippen LogP contribution in [0.25, 0.3) is 0 Å². The third-order valence-electron chi connectivity index (χ3n) is 2.28. The second-order valence-corrected chi connectivity index (χ2v) is 3.77. The molecule has 0 aliphatic heterocycles. The first-order valence-corrected chi connectivity index (χ1v) is 5.44. The van der Waals surface area contributed by atoms with Gasteiger partial charge in [0.1, 0.15) is 5.75 Å². The van der Waals surface area contributed by atoms with Crippen molar-refractivity contribution in [3.8, 4) is 5.75 Å². The Morgan fingerprint density at radius 3 is 2.62 bits per heavy atom. The normalized spacial score (nSPS) is 12.1. The first-order valence-electron chi connectivity index (χ1n) is 5.44. The van der Waals surface area contributed by atoms with Crippen molar-refractivity contribution in [3.05, 3.63) is 29.8 Å². The zero-order valence-corrected chi connectivity index (χ0v) is 9.44. The Balaban J connectivity index is 2.47. The molecule has 0 aromatic heterocycles. The summed E-state index contributed by atoms with van der Waals surface area (Å²) in [4.78, 5) is 11.5. The van der Waals surface area contributed by atoms with Gasteiger partial charge in [-0.2, -0.15) is 0 Å². The Kier molecular flexibility index (Phi) is 4.79. The fraction of sp³-hybridized carbons (Fsp3) is 0.417. The van der Waals surface area contributed by atoms with Crippen molar-refractivity contribution in [2.45, 2.75) is 25.8 Å². The number of hydrogen-bond acceptors (Lipinski definition) is 3. The zero-order valence-electron chi connectivity index (χ0n) is 9.44. The van der Waals surface area contributed by atoms with Gasteiger partial charge in [0.2, 0.25) is 5.91 Å². The maximum atomic E-state index is 11.5. The lowest BCUT2D eigenvalue weighted by atomic mass is 10.1. The molecule has 0 radical (unpaired) electrons. The van der Waals surface area contributed by atoms with Gasteiger partial charge in [0.25, 0.3) is 0 Å². The van der Waals surface area contributed by atoms with Gasteiger partial charge in [-0.05, 0) is 30.5 Å². The molecule has 0 spiro atoms. The number of carbonyl (C=O) groups excluding carboxylic acids is 1. The van der Waals surface area contributed by atoms with Crippen LogP contribution in [-0.4, -0.2) is 23.6 Å². The molecule has 16 heavy (non-hydrogen) atoms. The van der Waals surface area contributed by atoms with E-state index in [9.17, 15) is 4.79 Å². The molecule has 1 aromatic carbocycles. The van der Waals surface area contributed by atoms with Gasteiger partial charge in [-0.25, -0.2) is 0 Å². The molecule has 0 aliphatic carbocycles. The number of nitrogens with one attached hydrogen (secondary N) is 1. The van der Waals surface area contributed by atoms with Crippen LogP contribution in [0, 0.1) is 0 Å². The number of carbonyl (C=O) groups is 1. The van der Waals surface area contributed by atoms with Gasteiger partial charge in [-0.3, -0.25) is 4.79 Å². The fourth-order valence-corrected chi connectivity index (χ4v) is 1.36.